The molecule has 1 saturated carbocycles. The molecule has 0 spiro atoms. The lowest BCUT2D eigenvalue weighted by molar-refractivity contribution is -0.114. The number of nitrogens with zero attached hydrogens (tertiary/aromatic N) is 3. The summed E-state index contributed by atoms with van der Waals surface area (Å²) < 4.78 is 2.01. The molecule has 1 aliphatic rings. The number of aliphatic hydroxyl groups excluding tert-OH is 1. The molecule has 5 heteroatoms. The minimum Gasteiger partial charge on any atom is -0.396 e. The van der Waals surface area contributed by atoms with Crippen LogP contribution in [0.25, 0.3) is 0 Å². The van der Waals surface area contributed by atoms with Gasteiger partial charge in [0, 0.05) is 24.1 Å². The van der Waals surface area contributed by atoms with Gasteiger partial charge in [-0.2, -0.15) is 5.10 Å². The molecule has 0 atom stereocenters. The minimum absolute atomic E-state index is 0.120. The van der Waals surface area contributed by atoms with E-state index in [2.05, 4.69) is 11.7 Å². The average molecular weight is 325 g/mol. The van der Waals surface area contributed by atoms with Gasteiger partial charge >= 0.3 is 0 Å². The van der Waals surface area contributed by atoms with Crippen molar-refractivity contribution < 1.29 is 9.90 Å². The van der Waals surface area contributed by atoms with Gasteiger partial charge in [0.15, 0.2) is 0 Å². The minimum atomic E-state index is -0.138. The Kier molecular flexibility index (Phi) is 5.11. The highest BCUT2D eigenvalue weighted by atomic mass is 16.3. The third-order valence-electron chi connectivity index (χ3n) is 4.53. The fourth-order valence-electron chi connectivity index (χ4n) is 2.87. The number of rotatable bonds is 7. The molecule has 1 aliphatic carbocycles. The molecule has 1 fully saturated rings. The Morgan fingerprint density at radius 2 is 2.08 bits per heavy atom. The largest absolute Gasteiger partial charge is 0.396 e. The van der Waals surface area contributed by atoms with Crippen molar-refractivity contribution in [3.05, 3.63) is 60.4 Å². The molecule has 0 bridgehead atoms. The van der Waals surface area contributed by atoms with Crippen molar-refractivity contribution in [2.24, 2.45) is 0 Å². The molecule has 1 N–H and O–H groups in total. The van der Waals surface area contributed by atoms with Crippen molar-refractivity contribution >= 4 is 11.6 Å². The zero-order valence-electron chi connectivity index (χ0n) is 13.8. The van der Waals surface area contributed by atoms with Gasteiger partial charge in [-0.3, -0.25) is 9.48 Å². The predicted octanol–water partition coefficient (Wildman–Crippen LogP) is 2.86. The number of hydrogen-bond acceptors (Lipinski definition) is 3. The maximum Gasteiger partial charge on any atom is 0.250 e. The summed E-state index contributed by atoms with van der Waals surface area (Å²) in [6.45, 7) is 4.20. The quantitative estimate of drug-likeness (QED) is 0.796. The monoisotopic (exact) mass is 325 g/mol. The molecule has 126 valence electrons. The highest BCUT2D eigenvalue weighted by Crippen LogP contribution is 2.31. The first-order valence-corrected chi connectivity index (χ1v) is 8.38. The normalized spacial score (nSPS) is 14.2. The molecule has 1 aromatic carbocycles. The van der Waals surface area contributed by atoms with Crippen LogP contribution in [0.3, 0.4) is 0 Å². The van der Waals surface area contributed by atoms with Gasteiger partial charge in [0.2, 0.25) is 0 Å². The van der Waals surface area contributed by atoms with Gasteiger partial charge in [0.1, 0.15) is 0 Å². The van der Waals surface area contributed by atoms with Crippen LogP contribution in [0, 0.1) is 0 Å². The summed E-state index contributed by atoms with van der Waals surface area (Å²) in [5, 5.41) is 13.4. The average Bonchev–Trinajstić information content (AvgIpc) is 2.99. The van der Waals surface area contributed by atoms with E-state index in [1.807, 2.05) is 41.3 Å². The molecule has 0 saturated heterocycles. The molecule has 24 heavy (non-hydrogen) atoms. The molecule has 1 heterocycles. The Morgan fingerprint density at radius 3 is 2.67 bits per heavy atom. The molecule has 5 nitrogen and oxygen atoms in total. The molecular formula is C19H23N3O2. The summed E-state index contributed by atoms with van der Waals surface area (Å²) in [6.07, 6.45) is 9.45. The topological polar surface area (TPSA) is 58.4 Å². The third kappa shape index (κ3) is 3.57. The lowest BCUT2D eigenvalue weighted by atomic mass is 9.93. The summed E-state index contributed by atoms with van der Waals surface area (Å²) in [6, 6.07) is 8.20. The second-order valence-corrected chi connectivity index (χ2v) is 6.18. The van der Waals surface area contributed by atoms with Crippen LogP contribution in [0.5, 0.6) is 0 Å². The number of aromatic nitrogens is 2. The molecule has 2 aromatic rings. The Labute approximate surface area is 142 Å². The van der Waals surface area contributed by atoms with E-state index in [0.29, 0.717) is 19.0 Å². The summed E-state index contributed by atoms with van der Waals surface area (Å²) in [5.74, 6) is -0.138. The maximum atomic E-state index is 12.3. The maximum absolute atomic E-state index is 12.3. The van der Waals surface area contributed by atoms with Gasteiger partial charge in [-0.05, 0) is 49.5 Å². The van der Waals surface area contributed by atoms with Gasteiger partial charge in [-0.1, -0.05) is 18.7 Å². The van der Waals surface area contributed by atoms with E-state index in [4.69, 9.17) is 5.11 Å². The van der Waals surface area contributed by atoms with Gasteiger partial charge in [-0.15, -0.1) is 0 Å². The number of carbonyl (C=O) groups is 1. The van der Waals surface area contributed by atoms with Crippen molar-refractivity contribution in [1.29, 1.82) is 0 Å². The molecule has 0 radical (unpaired) electrons. The Morgan fingerprint density at radius 1 is 1.33 bits per heavy atom. The van der Waals surface area contributed by atoms with Crippen LogP contribution in [-0.4, -0.2) is 27.4 Å². The number of carbonyl (C=O) groups excluding carboxylic acids is 1. The molecule has 1 amide bonds. The van der Waals surface area contributed by atoms with Crippen LogP contribution in [0.2, 0.25) is 0 Å². The van der Waals surface area contributed by atoms with E-state index in [1.54, 1.807) is 4.90 Å². The standard InChI is InChI=1S/C19H23N3O2/c1-2-19(24)21(17-8-6-15(7-9-17)10-11-23)13-16-12-20-22(14-16)18-4-3-5-18/h2,6-9,12,14,18,23H,1,3-5,10-11,13H2. The molecule has 0 aliphatic heterocycles. The van der Waals surface area contributed by atoms with Crippen LogP contribution >= 0.6 is 0 Å². The fourth-order valence-corrected chi connectivity index (χ4v) is 2.87. The van der Waals surface area contributed by atoms with E-state index in [-0.39, 0.29) is 12.5 Å². The number of anilines is 1. The van der Waals surface area contributed by atoms with Crippen LogP contribution < -0.4 is 4.90 Å². The number of benzene rings is 1. The van der Waals surface area contributed by atoms with E-state index >= 15 is 0 Å². The highest BCUT2D eigenvalue weighted by molar-refractivity contribution is 6.00. The van der Waals surface area contributed by atoms with Crippen LogP contribution in [0.15, 0.2) is 49.3 Å². The molecule has 1 aromatic heterocycles. The first-order chi connectivity index (χ1) is 11.7. The third-order valence-corrected chi connectivity index (χ3v) is 4.53. The van der Waals surface area contributed by atoms with Crippen molar-refractivity contribution in [2.75, 3.05) is 11.5 Å². The van der Waals surface area contributed by atoms with Gasteiger partial charge < -0.3 is 10.0 Å². The highest BCUT2D eigenvalue weighted by Gasteiger charge is 2.21. The zero-order valence-corrected chi connectivity index (χ0v) is 13.8. The number of amides is 1. The first-order valence-electron chi connectivity index (χ1n) is 8.38. The van der Waals surface area contributed by atoms with E-state index in [0.717, 1.165) is 16.8 Å². The van der Waals surface area contributed by atoms with Gasteiger partial charge in [0.25, 0.3) is 5.91 Å². The SMILES string of the molecule is C=CC(=O)N(Cc1cnn(C2CCC2)c1)c1ccc(CCO)cc1. The second-order valence-electron chi connectivity index (χ2n) is 6.18. The lowest BCUT2D eigenvalue weighted by Crippen LogP contribution is -2.28. The van der Waals surface area contributed by atoms with Crippen molar-refractivity contribution in [2.45, 2.75) is 38.3 Å². The van der Waals surface area contributed by atoms with Gasteiger partial charge in [0.05, 0.1) is 18.8 Å². The van der Waals surface area contributed by atoms with Crippen molar-refractivity contribution in [3.8, 4) is 0 Å². The van der Waals surface area contributed by atoms with Crippen LogP contribution in [-0.2, 0) is 17.8 Å². The van der Waals surface area contributed by atoms with Crippen LogP contribution in [0.4, 0.5) is 5.69 Å². The summed E-state index contributed by atoms with van der Waals surface area (Å²) >= 11 is 0. The zero-order chi connectivity index (χ0) is 16.9. The Hall–Kier alpha value is -2.40. The molecule has 3 rings (SSSR count). The molecular weight excluding hydrogens is 302 g/mol. The summed E-state index contributed by atoms with van der Waals surface area (Å²) in [7, 11) is 0. The van der Waals surface area contributed by atoms with Crippen molar-refractivity contribution in [1.82, 2.24) is 9.78 Å². The summed E-state index contributed by atoms with van der Waals surface area (Å²) in [4.78, 5) is 14.0. The van der Waals surface area contributed by atoms with E-state index < -0.39 is 0 Å². The number of hydrogen-bond donors (Lipinski definition) is 1. The smallest absolute Gasteiger partial charge is 0.250 e. The van der Waals surface area contributed by atoms with E-state index in [1.165, 1.54) is 25.3 Å². The number of aliphatic hydroxyl groups is 1. The summed E-state index contributed by atoms with van der Waals surface area (Å²) in [5.41, 5.74) is 2.87. The van der Waals surface area contributed by atoms with Gasteiger partial charge in [-0.25, -0.2) is 0 Å². The lowest BCUT2D eigenvalue weighted by Gasteiger charge is -2.25. The Bertz CT molecular complexity index is 702. The fraction of sp³-hybridized carbons (Fsp3) is 0.368. The van der Waals surface area contributed by atoms with E-state index in [9.17, 15) is 4.79 Å². The van der Waals surface area contributed by atoms with Crippen molar-refractivity contribution in [3.63, 3.8) is 0 Å². The predicted molar refractivity (Wildman–Crippen MR) is 93.7 cm³/mol. The molecule has 0 unspecified atom stereocenters. The first kappa shape index (κ1) is 16.5. The second kappa shape index (κ2) is 7.45. The Balaban J connectivity index is 1.77. The van der Waals surface area contributed by atoms with Crippen LogP contribution in [0.1, 0.15) is 36.4 Å².